The Bertz CT molecular complexity index is 363. The second-order valence-corrected chi connectivity index (χ2v) is 4.33. The maximum atomic E-state index is 11.6. The van der Waals surface area contributed by atoms with Gasteiger partial charge in [-0.25, -0.2) is 4.79 Å². The topological polar surface area (TPSA) is 41.1 Å². The molecule has 17 heavy (non-hydrogen) atoms. The molecule has 2 amide bonds. The van der Waals surface area contributed by atoms with Crippen LogP contribution in [-0.2, 0) is 0 Å². The Labute approximate surface area is 104 Å². The summed E-state index contributed by atoms with van der Waals surface area (Å²) in [4.78, 5) is 11.6. The molecule has 94 valence electrons. The van der Waals surface area contributed by atoms with Gasteiger partial charge in [0, 0.05) is 6.54 Å². The zero-order valence-electron chi connectivity index (χ0n) is 10.9. The summed E-state index contributed by atoms with van der Waals surface area (Å²) in [5, 5.41) is 5.80. The first-order valence-electron chi connectivity index (χ1n) is 6.25. The highest BCUT2D eigenvalue weighted by molar-refractivity contribution is 5.74. The van der Waals surface area contributed by atoms with Crippen LogP contribution in [0.2, 0.25) is 0 Å². The summed E-state index contributed by atoms with van der Waals surface area (Å²) in [6, 6.07) is 8.06. The summed E-state index contributed by atoms with van der Waals surface area (Å²) in [7, 11) is 0. The Kier molecular flexibility index (Phi) is 5.53. The normalized spacial score (nSPS) is 11.9. The van der Waals surface area contributed by atoms with Gasteiger partial charge < -0.3 is 10.6 Å². The van der Waals surface area contributed by atoms with Crippen molar-refractivity contribution in [2.45, 2.75) is 39.7 Å². The van der Waals surface area contributed by atoms with E-state index in [4.69, 9.17) is 0 Å². The van der Waals surface area contributed by atoms with Gasteiger partial charge in [-0.05, 0) is 31.4 Å². The maximum absolute atomic E-state index is 11.6. The molecule has 0 saturated heterocycles. The summed E-state index contributed by atoms with van der Waals surface area (Å²) in [5.41, 5.74) is 2.37. The quantitative estimate of drug-likeness (QED) is 0.755. The van der Waals surface area contributed by atoms with E-state index in [-0.39, 0.29) is 12.1 Å². The first kappa shape index (κ1) is 13.6. The predicted molar refractivity (Wildman–Crippen MR) is 71.0 cm³/mol. The molecule has 1 rings (SSSR count). The van der Waals surface area contributed by atoms with Crippen LogP contribution in [0.5, 0.6) is 0 Å². The Morgan fingerprint density at radius 3 is 2.71 bits per heavy atom. The number of nitrogens with one attached hydrogen (secondary N) is 2. The number of rotatable bonds is 5. The largest absolute Gasteiger partial charge is 0.338 e. The van der Waals surface area contributed by atoms with Crippen molar-refractivity contribution in [3.63, 3.8) is 0 Å². The average molecular weight is 234 g/mol. The minimum absolute atomic E-state index is 0.0397. The van der Waals surface area contributed by atoms with E-state index in [2.05, 4.69) is 30.5 Å². The van der Waals surface area contributed by atoms with Crippen LogP contribution in [0.1, 0.15) is 43.9 Å². The molecule has 0 aromatic heterocycles. The van der Waals surface area contributed by atoms with Crippen molar-refractivity contribution in [1.29, 1.82) is 0 Å². The zero-order chi connectivity index (χ0) is 12.7. The molecule has 0 spiro atoms. The first-order chi connectivity index (χ1) is 8.15. The molecule has 1 unspecified atom stereocenters. The fourth-order valence-electron chi connectivity index (χ4n) is 1.78. The number of benzene rings is 1. The van der Waals surface area contributed by atoms with Crippen molar-refractivity contribution in [2.75, 3.05) is 6.54 Å². The SMILES string of the molecule is CCCCNC(=O)NC(C)c1ccccc1C. The van der Waals surface area contributed by atoms with Crippen LogP contribution in [0, 0.1) is 6.92 Å². The van der Waals surface area contributed by atoms with Crippen molar-refractivity contribution in [1.82, 2.24) is 10.6 Å². The molecule has 0 bridgehead atoms. The second kappa shape index (κ2) is 6.94. The van der Waals surface area contributed by atoms with E-state index < -0.39 is 0 Å². The maximum Gasteiger partial charge on any atom is 0.315 e. The van der Waals surface area contributed by atoms with Gasteiger partial charge in [-0.1, -0.05) is 37.6 Å². The number of aryl methyl sites for hydroxylation is 1. The number of hydrogen-bond acceptors (Lipinski definition) is 1. The van der Waals surface area contributed by atoms with E-state index in [1.807, 2.05) is 25.1 Å². The van der Waals surface area contributed by atoms with Crippen LogP contribution in [-0.4, -0.2) is 12.6 Å². The van der Waals surface area contributed by atoms with Crippen LogP contribution in [0.3, 0.4) is 0 Å². The lowest BCUT2D eigenvalue weighted by atomic mass is 10.0. The monoisotopic (exact) mass is 234 g/mol. The molecule has 1 aromatic rings. The third-order valence-corrected chi connectivity index (χ3v) is 2.82. The average Bonchev–Trinajstić information content (AvgIpc) is 2.29. The molecule has 0 heterocycles. The van der Waals surface area contributed by atoms with Crippen LogP contribution in [0.4, 0.5) is 4.79 Å². The fourth-order valence-corrected chi connectivity index (χ4v) is 1.78. The lowest BCUT2D eigenvalue weighted by Crippen LogP contribution is -2.37. The Hall–Kier alpha value is -1.51. The van der Waals surface area contributed by atoms with E-state index in [0.717, 1.165) is 24.9 Å². The molecule has 0 fully saturated rings. The van der Waals surface area contributed by atoms with E-state index in [1.54, 1.807) is 0 Å². The van der Waals surface area contributed by atoms with Crippen molar-refractivity contribution in [2.24, 2.45) is 0 Å². The van der Waals surface area contributed by atoms with Crippen molar-refractivity contribution in [3.8, 4) is 0 Å². The molecule has 3 heteroatoms. The third kappa shape index (κ3) is 4.47. The highest BCUT2D eigenvalue weighted by Gasteiger charge is 2.10. The molecule has 2 N–H and O–H groups in total. The molecule has 0 radical (unpaired) electrons. The fraction of sp³-hybridized carbons (Fsp3) is 0.500. The van der Waals surface area contributed by atoms with E-state index in [0.29, 0.717) is 0 Å². The summed E-state index contributed by atoms with van der Waals surface area (Å²) < 4.78 is 0. The molecule has 0 aliphatic rings. The Balaban J connectivity index is 2.46. The van der Waals surface area contributed by atoms with E-state index >= 15 is 0 Å². The molecule has 1 aromatic carbocycles. The van der Waals surface area contributed by atoms with Gasteiger partial charge in [0.2, 0.25) is 0 Å². The van der Waals surface area contributed by atoms with E-state index in [9.17, 15) is 4.79 Å². The van der Waals surface area contributed by atoms with Crippen LogP contribution in [0.15, 0.2) is 24.3 Å². The van der Waals surface area contributed by atoms with Crippen LogP contribution < -0.4 is 10.6 Å². The summed E-state index contributed by atoms with van der Waals surface area (Å²) in [5.74, 6) is 0. The number of amides is 2. The smallest absolute Gasteiger partial charge is 0.315 e. The summed E-state index contributed by atoms with van der Waals surface area (Å²) >= 11 is 0. The molecule has 0 aliphatic heterocycles. The van der Waals surface area contributed by atoms with Crippen molar-refractivity contribution in [3.05, 3.63) is 35.4 Å². The second-order valence-electron chi connectivity index (χ2n) is 4.33. The molecular weight excluding hydrogens is 212 g/mol. The number of hydrogen-bond donors (Lipinski definition) is 2. The summed E-state index contributed by atoms with van der Waals surface area (Å²) in [6.45, 7) is 6.91. The predicted octanol–water partition coefficient (Wildman–Crippen LogP) is 3.16. The Morgan fingerprint density at radius 1 is 1.35 bits per heavy atom. The lowest BCUT2D eigenvalue weighted by Gasteiger charge is -2.16. The van der Waals surface area contributed by atoms with E-state index in [1.165, 1.54) is 5.56 Å². The lowest BCUT2D eigenvalue weighted by molar-refractivity contribution is 0.237. The molecule has 3 nitrogen and oxygen atoms in total. The van der Waals surface area contributed by atoms with Gasteiger partial charge in [-0.15, -0.1) is 0 Å². The highest BCUT2D eigenvalue weighted by Crippen LogP contribution is 2.16. The number of carbonyl (C=O) groups excluding carboxylic acids is 1. The molecule has 0 aliphatic carbocycles. The molecule has 1 atom stereocenters. The van der Waals surface area contributed by atoms with Crippen LogP contribution >= 0.6 is 0 Å². The first-order valence-corrected chi connectivity index (χ1v) is 6.25. The van der Waals surface area contributed by atoms with Crippen molar-refractivity contribution < 1.29 is 4.79 Å². The Morgan fingerprint density at radius 2 is 2.06 bits per heavy atom. The highest BCUT2D eigenvalue weighted by atomic mass is 16.2. The minimum Gasteiger partial charge on any atom is -0.338 e. The molecular formula is C14H22N2O. The van der Waals surface area contributed by atoms with Crippen LogP contribution in [0.25, 0.3) is 0 Å². The van der Waals surface area contributed by atoms with Gasteiger partial charge in [0.15, 0.2) is 0 Å². The number of carbonyl (C=O) groups is 1. The van der Waals surface area contributed by atoms with Gasteiger partial charge in [0.05, 0.1) is 6.04 Å². The van der Waals surface area contributed by atoms with Gasteiger partial charge in [0.1, 0.15) is 0 Å². The number of unbranched alkanes of at least 4 members (excludes halogenated alkanes) is 1. The third-order valence-electron chi connectivity index (χ3n) is 2.82. The van der Waals surface area contributed by atoms with Gasteiger partial charge in [-0.3, -0.25) is 0 Å². The minimum atomic E-state index is -0.0887. The van der Waals surface area contributed by atoms with Crippen molar-refractivity contribution >= 4 is 6.03 Å². The standard InChI is InChI=1S/C14H22N2O/c1-4-5-10-15-14(17)16-12(3)13-9-7-6-8-11(13)2/h6-9,12H,4-5,10H2,1-3H3,(H2,15,16,17). The van der Waals surface area contributed by atoms with Gasteiger partial charge in [-0.2, -0.15) is 0 Å². The van der Waals surface area contributed by atoms with Gasteiger partial charge in [0.25, 0.3) is 0 Å². The summed E-state index contributed by atoms with van der Waals surface area (Å²) in [6.07, 6.45) is 2.11. The zero-order valence-corrected chi connectivity index (χ0v) is 10.9. The van der Waals surface area contributed by atoms with Gasteiger partial charge >= 0.3 is 6.03 Å². The molecule has 0 saturated carbocycles. The number of urea groups is 1.